The van der Waals surface area contributed by atoms with Gasteiger partial charge < -0.3 is 5.32 Å². The lowest BCUT2D eigenvalue weighted by Gasteiger charge is -2.20. The van der Waals surface area contributed by atoms with E-state index in [2.05, 4.69) is 11.2 Å². The maximum absolute atomic E-state index is 10.4. The smallest absolute Gasteiger partial charge is 0.269 e. The van der Waals surface area contributed by atoms with Crippen LogP contribution in [0.3, 0.4) is 0 Å². The molecule has 15 heavy (non-hydrogen) atoms. The van der Waals surface area contributed by atoms with Crippen LogP contribution in [0.1, 0.15) is 13.8 Å². The molecule has 78 valence electrons. The first-order valence-corrected chi connectivity index (χ1v) is 4.45. The zero-order valence-electron chi connectivity index (χ0n) is 8.65. The SMILES string of the molecule is C#CC(C)(C)Nc1ccc([N+](=O)[O-])cc1. The summed E-state index contributed by atoms with van der Waals surface area (Å²) in [6.07, 6.45) is 5.31. The van der Waals surface area contributed by atoms with Gasteiger partial charge in [0.1, 0.15) is 0 Å². The highest BCUT2D eigenvalue weighted by atomic mass is 16.6. The second-order valence-electron chi connectivity index (χ2n) is 3.70. The summed E-state index contributed by atoms with van der Waals surface area (Å²) in [6.45, 7) is 3.71. The predicted molar refractivity (Wildman–Crippen MR) is 59.6 cm³/mol. The van der Waals surface area contributed by atoms with Crippen LogP contribution in [0.5, 0.6) is 0 Å². The standard InChI is InChI=1S/C11H12N2O2/c1-4-11(2,3)12-9-5-7-10(8-6-9)13(14)15/h1,5-8,12H,2-3H3. The van der Waals surface area contributed by atoms with Gasteiger partial charge in [-0.2, -0.15) is 0 Å². The van der Waals surface area contributed by atoms with E-state index in [9.17, 15) is 10.1 Å². The number of non-ortho nitro benzene ring substituents is 1. The Morgan fingerprint density at radius 2 is 1.93 bits per heavy atom. The maximum Gasteiger partial charge on any atom is 0.269 e. The Balaban J connectivity index is 2.83. The van der Waals surface area contributed by atoms with Gasteiger partial charge in [-0.1, -0.05) is 5.92 Å². The Hall–Kier alpha value is -2.02. The molecule has 0 aliphatic rings. The molecule has 0 amide bonds. The number of hydrogen-bond acceptors (Lipinski definition) is 3. The highest BCUT2D eigenvalue weighted by molar-refractivity contribution is 5.51. The summed E-state index contributed by atoms with van der Waals surface area (Å²) in [6, 6.07) is 6.15. The maximum atomic E-state index is 10.4. The minimum Gasteiger partial charge on any atom is -0.370 e. The van der Waals surface area contributed by atoms with Gasteiger partial charge in [-0.05, 0) is 26.0 Å². The van der Waals surface area contributed by atoms with Crippen LogP contribution in [0.15, 0.2) is 24.3 Å². The molecule has 0 spiro atoms. The van der Waals surface area contributed by atoms with Gasteiger partial charge in [0, 0.05) is 17.8 Å². The lowest BCUT2D eigenvalue weighted by molar-refractivity contribution is -0.384. The van der Waals surface area contributed by atoms with Crippen molar-refractivity contribution in [1.82, 2.24) is 0 Å². The van der Waals surface area contributed by atoms with Gasteiger partial charge in [-0.25, -0.2) is 0 Å². The molecule has 0 radical (unpaired) electrons. The van der Waals surface area contributed by atoms with E-state index in [1.807, 2.05) is 13.8 Å². The molecule has 0 fully saturated rings. The van der Waals surface area contributed by atoms with Crippen LogP contribution in [-0.4, -0.2) is 10.5 Å². The number of benzene rings is 1. The zero-order chi connectivity index (χ0) is 11.5. The third kappa shape index (κ3) is 2.99. The van der Waals surface area contributed by atoms with Gasteiger partial charge in [0.15, 0.2) is 0 Å². The molecule has 4 nitrogen and oxygen atoms in total. The van der Waals surface area contributed by atoms with Crippen molar-refractivity contribution in [2.24, 2.45) is 0 Å². The van der Waals surface area contributed by atoms with Crippen LogP contribution in [0.4, 0.5) is 11.4 Å². The average Bonchev–Trinajstić information content (AvgIpc) is 2.18. The summed E-state index contributed by atoms with van der Waals surface area (Å²) in [5, 5.41) is 13.5. The summed E-state index contributed by atoms with van der Waals surface area (Å²) in [5.74, 6) is 2.58. The zero-order valence-corrected chi connectivity index (χ0v) is 8.65. The molecule has 0 aliphatic carbocycles. The Kier molecular flexibility index (Phi) is 2.96. The summed E-state index contributed by atoms with van der Waals surface area (Å²) in [5.41, 5.74) is 0.374. The second kappa shape index (κ2) is 4.01. The van der Waals surface area contributed by atoms with E-state index >= 15 is 0 Å². The van der Waals surface area contributed by atoms with Gasteiger partial charge in [0.05, 0.1) is 10.5 Å². The number of nitrogens with zero attached hydrogens (tertiary/aromatic N) is 1. The molecule has 0 unspecified atom stereocenters. The van der Waals surface area contributed by atoms with E-state index in [-0.39, 0.29) is 5.69 Å². The summed E-state index contributed by atoms with van der Waals surface area (Å²) in [7, 11) is 0. The van der Waals surface area contributed by atoms with Crippen LogP contribution >= 0.6 is 0 Å². The number of nitro groups is 1. The van der Waals surface area contributed by atoms with E-state index in [1.165, 1.54) is 12.1 Å². The molecule has 1 aromatic carbocycles. The molecule has 0 aromatic heterocycles. The van der Waals surface area contributed by atoms with Crippen molar-refractivity contribution < 1.29 is 4.92 Å². The average molecular weight is 204 g/mol. The van der Waals surface area contributed by atoms with Crippen molar-refractivity contribution in [3.63, 3.8) is 0 Å². The highest BCUT2D eigenvalue weighted by Crippen LogP contribution is 2.18. The Morgan fingerprint density at radius 1 is 1.40 bits per heavy atom. The number of nitrogens with one attached hydrogen (secondary N) is 1. The van der Waals surface area contributed by atoms with Crippen LogP contribution in [0, 0.1) is 22.5 Å². The summed E-state index contributed by atoms with van der Waals surface area (Å²) < 4.78 is 0. The number of rotatable bonds is 3. The van der Waals surface area contributed by atoms with Crippen molar-refractivity contribution in [3.8, 4) is 12.3 Å². The predicted octanol–water partition coefficient (Wildman–Crippen LogP) is 2.42. The number of anilines is 1. The third-order valence-corrected chi connectivity index (χ3v) is 1.90. The fourth-order valence-electron chi connectivity index (χ4n) is 1.06. The molecule has 0 saturated carbocycles. The minimum absolute atomic E-state index is 0.0686. The van der Waals surface area contributed by atoms with Gasteiger partial charge in [-0.15, -0.1) is 6.42 Å². The molecule has 0 heterocycles. The quantitative estimate of drug-likeness (QED) is 0.467. The van der Waals surface area contributed by atoms with E-state index < -0.39 is 10.5 Å². The molecule has 1 rings (SSSR count). The first kappa shape index (κ1) is 11.1. The number of hydrogen-bond donors (Lipinski definition) is 1. The highest BCUT2D eigenvalue weighted by Gasteiger charge is 2.13. The van der Waals surface area contributed by atoms with Gasteiger partial charge in [-0.3, -0.25) is 10.1 Å². The molecule has 1 aromatic rings. The van der Waals surface area contributed by atoms with Crippen LogP contribution in [0.25, 0.3) is 0 Å². The molecular weight excluding hydrogens is 192 g/mol. The van der Waals surface area contributed by atoms with E-state index in [4.69, 9.17) is 6.42 Å². The van der Waals surface area contributed by atoms with Crippen molar-refractivity contribution in [3.05, 3.63) is 34.4 Å². The third-order valence-electron chi connectivity index (χ3n) is 1.90. The van der Waals surface area contributed by atoms with Crippen LogP contribution in [0.2, 0.25) is 0 Å². The van der Waals surface area contributed by atoms with Crippen molar-refractivity contribution in [2.75, 3.05) is 5.32 Å². The number of terminal acetylenes is 1. The largest absolute Gasteiger partial charge is 0.370 e. The van der Waals surface area contributed by atoms with Crippen molar-refractivity contribution in [1.29, 1.82) is 0 Å². The molecule has 0 saturated heterocycles. The summed E-state index contributed by atoms with van der Waals surface area (Å²) in [4.78, 5) is 9.97. The molecule has 4 heteroatoms. The Labute approximate surface area is 88.5 Å². The van der Waals surface area contributed by atoms with E-state index in [1.54, 1.807) is 12.1 Å². The lowest BCUT2D eigenvalue weighted by Crippen LogP contribution is -2.28. The fourth-order valence-corrected chi connectivity index (χ4v) is 1.06. The second-order valence-corrected chi connectivity index (χ2v) is 3.70. The topological polar surface area (TPSA) is 55.2 Å². The van der Waals surface area contributed by atoms with Gasteiger partial charge >= 0.3 is 0 Å². The first-order chi connectivity index (χ1) is 6.94. The fraction of sp³-hybridized carbons (Fsp3) is 0.273. The van der Waals surface area contributed by atoms with Crippen molar-refractivity contribution in [2.45, 2.75) is 19.4 Å². The Morgan fingerprint density at radius 3 is 2.33 bits per heavy atom. The number of nitro benzene ring substituents is 1. The molecule has 0 aliphatic heterocycles. The molecular formula is C11H12N2O2. The normalized spacial score (nSPS) is 10.5. The lowest BCUT2D eigenvalue weighted by atomic mass is 10.1. The minimum atomic E-state index is -0.462. The summed E-state index contributed by atoms with van der Waals surface area (Å²) >= 11 is 0. The van der Waals surface area contributed by atoms with Crippen LogP contribution < -0.4 is 5.32 Å². The molecule has 0 atom stereocenters. The van der Waals surface area contributed by atoms with Crippen LogP contribution in [-0.2, 0) is 0 Å². The molecule has 1 N–H and O–H groups in total. The monoisotopic (exact) mass is 204 g/mol. The van der Waals surface area contributed by atoms with Gasteiger partial charge in [0.25, 0.3) is 5.69 Å². The van der Waals surface area contributed by atoms with Crippen molar-refractivity contribution >= 4 is 11.4 Å². The van der Waals surface area contributed by atoms with E-state index in [0.29, 0.717) is 0 Å². The Bertz CT molecular complexity index is 402. The van der Waals surface area contributed by atoms with Gasteiger partial charge in [0.2, 0.25) is 0 Å². The van der Waals surface area contributed by atoms with E-state index in [0.717, 1.165) is 5.69 Å². The first-order valence-electron chi connectivity index (χ1n) is 4.45. The molecule has 0 bridgehead atoms.